The number of ether oxygens (including phenoxy) is 3. The number of quaternary nitrogens is 1. The highest BCUT2D eigenvalue weighted by atomic mass is 16.6. The van der Waals surface area contributed by atoms with Gasteiger partial charge in [-0.15, -0.1) is 0 Å². The van der Waals surface area contributed by atoms with Gasteiger partial charge in [0.1, 0.15) is 6.61 Å². The van der Waals surface area contributed by atoms with Gasteiger partial charge in [-0.3, -0.25) is 9.59 Å². The minimum Gasteiger partial charge on any atom is -0.477 e. The Hall–Kier alpha value is -2.19. The van der Waals surface area contributed by atoms with E-state index in [0.717, 1.165) is 64.2 Å². The summed E-state index contributed by atoms with van der Waals surface area (Å²) in [6, 6.07) is -0.616. The molecule has 2 unspecified atom stereocenters. The number of aliphatic carboxylic acids is 1. The molecule has 0 bridgehead atoms. The molecule has 0 radical (unpaired) electrons. The molecule has 0 aromatic rings. The molecule has 0 aliphatic heterocycles. The van der Waals surface area contributed by atoms with Gasteiger partial charge in [0.2, 0.25) is 0 Å². The lowest BCUT2D eigenvalue weighted by Gasteiger charge is -2.31. The number of carbonyl (C=O) groups is 3. The number of nitrogens with zero attached hydrogens (tertiary/aromatic N) is 1. The molecular formula is C42H78NO7+. The fraction of sp³-hybridized carbons (Fsp3) is 0.833. The number of allylic oxidation sites excluding steroid dienone is 4. The number of carboxylic acid groups (broad SMARTS) is 1. The Morgan fingerprint density at radius 1 is 0.580 bits per heavy atom. The second-order valence-electron chi connectivity index (χ2n) is 14.9. The van der Waals surface area contributed by atoms with Crippen molar-refractivity contribution >= 4 is 17.9 Å². The topological polar surface area (TPSA) is 99.1 Å². The molecule has 1 N–H and O–H groups in total. The van der Waals surface area contributed by atoms with Crippen LogP contribution in [-0.2, 0) is 28.6 Å². The van der Waals surface area contributed by atoms with Crippen molar-refractivity contribution in [2.24, 2.45) is 0 Å². The molecule has 8 heteroatoms. The molecule has 50 heavy (non-hydrogen) atoms. The summed E-state index contributed by atoms with van der Waals surface area (Å²) < 4.78 is 17.2. The van der Waals surface area contributed by atoms with Gasteiger partial charge in [-0.05, 0) is 64.2 Å². The van der Waals surface area contributed by atoms with E-state index < -0.39 is 18.1 Å². The SMILES string of the molecule is CCCCCCCC/C=C/CCCCCC(=O)OCC(COCCC(C(=O)O)[N+](C)(C)C)OC(=O)CCCCC/C=C/CCCCCCCC. The van der Waals surface area contributed by atoms with Crippen LogP contribution >= 0.6 is 0 Å². The van der Waals surface area contributed by atoms with Crippen LogP contribution in [0.3, 0.4) is 0 Å². The predicted octanol–water partition coefficient (Wildman–Crippen LogP) is 10.5. The number of hydrogen-bond acceptors (Lipinski definition) is 6. The van der Waals surface area contributed by atoms with Gasteiger partial charge >= 0.3 is 17.9 Å². The van der Waals surface area contributed by atoms with Crippen molar-refractivity contribution in [2.45, 2.75) is 187 Å². The van der Waals surface area contributed by atoms with Crippen molar-refractivity contribution in [3.63, 3.8) is 0 Å². The zero-order valence-electron chi connectivity index (χ0n) is 33.1. The Labute approximate surface area is 307 Å². The summed E-state index contributed by atoms with van der Waals surface area (Å²) in [5.41, 5.74) is 0. The van der Waals surface area contributed by atoms with Gasteiger partial charge in [0.15, 0.2) is 12.1 Å². The van der Waals surface area contributed by atoms with Crippen molar-refractivity contribution in [3.8, 4) is 0 Å². The molecule has 0 saturated heterocycles. The van der Waals surface area contributed by atoms with E-state index in [1.54, 1.807) is 0 Å². The van der Waals surface area contributed by atoms with Gasteiger partial charge in [-0.1, -0.05) is 115 Å². The second-order valence-corrected chi connectivity index (χ2v) is 14.9. The largest absolute Gasteiger partial charge is 0.477 e. The minimum atomic E-state index is -0.879. The summed E-state index contributed by atoms with van der Waals surface area (Å²) in [6.07, 6.45) is 35.0. The number of carboxylic acids is 1. The molecule has 0 aliphatic rings. The average Bonchev–Trinajstić information content (AvgIpc) is 3.06. The normalized spacial score (nSPS) is 13.2. The molecule has 0 amide bonds. The molecular weight excluding hydrogens is 630 g/mol. The summed E-state index contributed by atoms with van der Waals surface area (Å²) >= 11 is 0. The molecule has 0 spiro atoms. The van der Waals surface area contributed by atoms with E-state index in [0.29, 0.717) is 19.3 Å². The Balaban J connectivity index is 4.44. The molecule has 8 nitrogen and oxygen atoms in total. The van der Waals surface area contributed by atoms with Crippen LogP contribution in [0, 0.1) is 0 Å². The molecule has 0 rings (SSSR count). The zero-order valence-corrected chi connectivity index (χ0v) is 33.1. The maximum absolute atomic E-state index is 12.7. The van der Waals surface area contributed by atoms with Gasteiger partial charge in [0, 0.05) is 19.3 Å². The van der Waals surface area contributed by atoms with Crippen LogP contribution in [0.25, 0.3) is 0 Å². The maximum atomic E-state index is 12.7. The first kappa shape index (κ1) is 47.8. The van der Waals surface area contributed by atoms with E-state index in [9.17, 15) is 19.5 Å². The Morgan fingerprint density at radius 2 is 1.00 bits per heavy atom. The zero-order chi connectivity index (χ0) is 37.1. The number of rotatable bonds is 36. The van der Waals surface area contributed by atoms with E-state index in [4.69, 9.17) is 14.2 Å². The van der Waals surface area contributed by atoms with Crippen molar-refractivity contribution < 1.29 is 38.2 Å². The van der Waals surface area contributed by atoms with Gasteiger partial charge < -0.3 is 23.8 Å². The van der Waals surface area contributed by atoms with Crippen LogP contribution in [0.4, 0.5) is 0 Å². The summed E-state index contributed by atoms with van der Waals surface area (Å²) in [5, 5.41) is 9.59. The molecule has 0 fully saturated rings. The third-order valence-electron chi connectivity index (χ3n) is 9.07. The number of carbonyl (C=O) groups excluding carboxylic acids is 2. The van der Waals surface area contributed by atoms with E-state index in [-0.39, 0.29) is 36.2 Å². The highest BCUT2D eigenvalue weighted by Gasteiger charge is 2.31. The van der Waals surface area contributed by atoms with E-state index >= 15 is 0 Å². The van der Waals surface area contributed by atoms with Crippen molar-refractivity contribution in [2.75, 3.05) is 41.0 Å². The second kappa shape index (κ2) is 33.9. The molecule has 0 aromatic heterocycles. The van der Waals surface area contributed by atoms with E-state index in [1.807, 2.05) is 21.1 Å². The number of unbranched alkanes of at least 4 members (excludes halogenated alkanes) is 18. The smallest absolute Gasteiger partial charge is 0.362 e. The van der Waals surface area contributed by atoms with Crippen LogP contribution in [0.2, 0.25) is 0 Å². The molecule has 0 aliphatic carbocycles. The summed E-state index contributed by atoms with van der Waals surface area (Å²) in [6.45, 7) is 4.68. The number of hydrogen-bond donors (Lipinski definition) is 1. The quantitative estimate of drug-likeness (QED) is 0.0299. The standard InChI is InChI=1S/C42H77NO7/c1-6-8-10-12-14-16-18-20-22-24-26-28-30-32-40(44)49-37-38(36-48-35-34-39(42(46)47)43(3,4)5)50-41(45)33-31-29-27-25-23-21-19-17-15-13-11-9-7-2/h20-23,38-39H,6-19,24-37H2,1-5H3/p+1/b22-20+,23-21+. The lowest BCUT2D eigenvalue weighted by molar-refractivity contribution is -0.887. The van der Waals surface area contributed by atoms with Gasteiger partial charge in [0.25, 0.3) is 0 Å². The lowest BCUT2D eigenvalue weighted by atomic mass is 10.1. The predicted molar refractivity (Wildman–Crippen MR) is 206 cm³/mol. The third kappa shape index (κ3) is 31.8. The Kier molecular flexibility index (Phi) is 32.4. The highest BCUT2D eigenvalue weighted by Crippen LogP contribution is 2.13. The molecule has 2 atom stereocenters. The average molecular weight is 709 g/mol. The lowest BCUT2D eigenvalue weighted by Crippen LogP contribution is -2.50. The van der Waals surface area contributed by atoms with Crippen LogP contribution in [0.1, 0.15) is 174 Å². The molecule has 0 heterocycles. The molecule has 0 saturated carbocycles. The van der Waals surface area contributed by atoms with Crippen LogP contribution in [0.15, 0.2) is 24.3 Å². The molecule has 0 aromatic carbocycles. The van der Waals surface area contributed by atoms with Crippen molar-refractivity contribution in [3.05, 3.63) is 24.3 Å². The van der Waals surface area contributed by atoms with Crippen LogP contribution in [0.5, 0.6) is 0 Å². The van der Waals surface area contributed by atoms with Crippen molar-refractivity contribution in [1.82, 2.24) is 0 Å². The number of likely N-dealkylation sites (N-methyl/N-ethyl adjacent to an activating group) is 1. The third-order valence-corrected chi connectivity index (χ3v) is 9.07. The molecule has 292 valence electrons. The number of esters is 2. The minimum absolute atomic E-state index is 0.0526. The first-order valence-corrected chi connectivity index (χ1v) is 20.4. The summed E-state index contributed by atoms with van der Waals surface area (Å²) in [7, 11) is 5.51. The van der Waals surface area contributed by atoms with E-state index in [2.05, 4.69) is 38.2 Å². The van der Waals surface area contributed by atoms with Crippen LogP contribution < -0.4 is 0 Å². The van der Waals surface area contributed by atoms with Crippen molar-refractivity contribution in [1.29, 1.82) is 0 Å². The first-order chi connectivity index (χ1) is 24.1. The fourth-order valence-corrected chi connectivity index (χ4v) is 5.84. The van der Waals surface area contributed by atoms with Gasteiger partial charge in [-0.2, -0.15) is 0 Å². The van der Waals surface area contributed by atoms with Gasteiger partial charge in [-0.25, -0.2) is 4.79 Å². The summed E-state index contributed by atoms with van der Waals surface area (Å²) in [5.74, 6) is -1.51. The highest BCUT2D eigenvalue weighted by molar-refractivity contribution is 5.72. The monoisotopic (exact) mass is 709 g/mol. The first-order valence-electron chi connectivity index (χ1n) is 20.4. The summed E-state index contributed by atoms with van der Waals surface area (Å²) in [4.78, 5) is 36.8. The van der Waals surface area contributed by atoms with Gasteiger partial charge in [0.05, 0.1) is 34.4 Å². The Morgan fingerprint density at radius 3 is 1.44 bits per heavy atom. The Bertz CT molecular complexity index is 880. The van der Waals surface area contributed by atoms with E-state index in [1.165, 1.54) is 77.0 Å². The fourth-order valence-electron chi connectivity index (χ4n) is 5.84. The maximum Gasteiger partial charge on any atom is 0.362 e. The van der Waals surface area contributed by atoms with Crippen LogP contribution in [-0.4, -0.2) is 80.6 Å².